The van der Waals surface area contributed by atoms with Crippen LogP contribution in [0.25, 0.3) is 31.1 Å². The second-order valence-electron chi connectivity index (χ2n) is 12.1. The highest BCUT2D eigenvalue weighted by Gasteiger charge is 2.44. The predicted molar refractivity (Wildman–Crippen MR) is 190 cm³/mol. The molecular formula is C39H24BF2N3S. The van der Waals surface area contributed by atoms with Gasteiger partial charge in [-0.05, 0) is 94.6 Å². The minimum atomic E-state index is -0.281. The van der Waals surface area contributed by atoms with E-state index in [9.17, 15) is 8.78 Å². The van der Waals surface area contributed by atoms with E-state index in [2.05, 4.69) is 100 Å². The second kappa shape index (κ2) is 9.31. The Kier molecular flexibility index (Phi) is 5.24. The number of hydrogen-bond acceptors (Lipinski definition) is 3. The number of hydrogen-bond donors (Lipinski definition) is 0. The lowest BCUT2D eigenvalue weighted by molar-refractivity contribution is 0.627. The van der Waals surface area contributed by atoms with Crippen LogP contribution in [-0.4, -0.2) is 11.3 Å². The van der Waals surface area contributed by atoms with Crippen molar-refractivity contribution in [3.05, 3.63) is 139 Å². The number of thiophene rings is 1. The second-order valence-corrected chi connectivity index (χ2v) is 13.2. The van der Waals surface area contributed by atoms with Crippen molar-refractivity contribution in [3.63, 3.8) is 0 Å². The highest BCUT2D eigenvalue weighted by atomic mass is 32.1. The third-order valence-corrected chi connectivity index (χ3v) is 10.8. The summed E-state index contributed by atoms with van der Waals surface area (Å²) in [5, 5.41) is 3.60. The summed E-state index contributed by atoms with van der Waals surface area (Å²) in [6, 6.07) is 39.8. The summed E-state index contributed by atoms with van der Waals surface area (Å²) in [7, 11) is 2.06. The van der Waals surface area contributed by atoms with Gasteiger partial charge in [0.15, 0.2) is 0 Å². The average Bonchev–Trinajstić information content (AvgIpc) is 3.64. The number of halogens is 2. The van der Waals surface area contributed by atoms with Crippen LogP contribution in [0, 0.1) is 11.6 Å². The first-order chi connectivity index (χ1) is 22.5. The van der Waals surface area contributed by atoms with Gasteiger partial charge in [-0.15, -0.1) is 11.3 Å². The normalized spacial score (nSPS) is 13.4. The molecule has 0 spiro atoms. The molecule has 2 aromatic heterocycles. The molecule has 0 atom stereocenters. The Morgan fingerprint density at radius 1 is 0.609 bits per heavy atom. The zero-order valence-electron chi connectivity index (χ0n) is 24.7. The molecule has 3 nitrogen and oxygen atoms in total. The van der Waals surface area contributed by atoms with E-state index in [0.717, 1.165) is 50.5 Å². The fraction of sp³-hybridized carbons (Fsp3) is 0.0256. The van der Waals surface area contributed by atoms with Gasteiger partial charge in [-0.3, -0.25) is 0 Å². The third kappa shape index (κ3) is 3.46. The first-order valence-corrected chi connectivity index (χ1v) is 16.1. The summed E-state index contributed by atoms with van der Waals surface area (Å²) < 4.78 is 33.8. The van der Waals surface area contributed by atoms with Crippen molar-refractivity contribution in [2.24, 2.45) is 7.05 Å². The van der Waals surface area contributed by atoms with Gasteiger partial charge >= 0.3 is 0 Å². The van der Waals surface area contributed by atoms with Crippen molar-refractivity contribution in [2.75, 3.05) is 9.80 Å². The topological polar surface area (TPSA) is 11.4 Å². The molecule has 0 saturated heterocycles. The van der Waals surface area contributed by atoms with Gasteiger partial charge in [0.2, 0.25) is 0 Å². The number of nitrogens with zero attached hydrogens (tertiary/aromatic N) is 3. The summed E-state index contributed by atoms with van der Waals surface area (Å²) in [5.74, 6) is -0.552. The van der Waals surface area contributed by atoms with E-state index in [1.54, 1.807) is 23.5 Å². The molecule has 0 N–H and O–H groups in total. The Morgan fingerprint density at radius 3 is 2.26 bits per heavy atom. The van der Waals surface area contributed by atoms with Gasteiger partial charge in [0.1, 0.15) is 11.6 Å². The van der Waals surface area contributed by atoms with Gasteiger partial charge in [-0.25, -0.2) is 8.78 Å². The summed E-state index contributed by atoms with van der Waals surface area (Å²) in [5.41, 5.74) is 10.5. The van der Waals surface area contributed by atoms with Crippen molar-refractivity contribution in [1.29, 1.82) is 0 Å². The molecule has 7 heteroatoms. The third-order valence-electron chi connectivity index (χ3n) is 9.65. The molecule has 46 heavy (non-hydrogen) atoms. The van der Waals surface area contributed by atoms with Gasteiger partial charge in [-0.2, -0.15) is 0 Å². The van der Waals surface area contributed by atoms with Crippen LogP contribution in [0.15, 0.2) is 128 Å². The largest absolute Gasteiger partial charge is 0.350 e. The van der Waals surface area contributed by atoms with E-state index in [4.69, 9.17) is 0 Å². The van der Waals surface area contributed by atoms with E-state index >= 15 is 0 Å². The predicted octanol–water partition coefficient (Wildman–Crippen LogP) is 8.91. The molecule has 2 aliphatic heterocycles. The number of aryl methyl sites for hydroxylation is 1. The monoisotopic (exact) mass is 615 g/mol. The summed E-state index contributed by atoms with van der Waals surface area (Å²) in [4.78, 5) is 4.50. The first kappa shape index (κ1) is 25.9. The van der Waals surface area contributed by atoms with Crippen LogP contribution < -0.4 is 26.2 Å². The summed E-state index contributed by atoms with van der Waals surface area (Å²) >= 11 is 1.80. The number of anilines is 6. The van der Waals surface area contributed by atoms with Crippen molar-refractivity contribution in [3.8, 4) is 0 Å². The van der Waals surface area contributed by atoms with Gasteiger partial charge in [0.05, 0.1) is 10.4 Å². The van der Waals surface area contributed by atoms with Crippen LogP contribution in [-0.2, 0) is 7.05 Å². The van der Waals surface area contributed by atoms with Crippen LogP contribution in [0.2, 0.25) is 0 Å². The number of benzene rings is 6. The first-order valence-electron chi connectivity index (χ1n) is 15.3. The Balaban J connectivity index is 1.36. The molecule has 10 rings (SSSR count). The maximum atomic E-state index is 14.9. The number of fused-ring (bicyclic) bond motifs is 9. The quantitative estimate of drug-likeness (QED) is 0.180. The molecular weight excluding hydrogens is 591 g/mol. The zero-order chi connectivity index (χ0) is 30.7. The maximum absolute atomic E-state index is 14.9. The SMILES string of the molecule is Cn1ccc2cc3c(cc21)N(c1cccc(F)c1)c1cccc2c1B3c1ccc3c(sc4ccccc43)c1N2c1ccc(F)cc1. The lowest BCUT2D eigenvalue weighted by Gasteiger charge is -2.44. The standard InChI is InChI=1S/C39H24BF2N3S/c1-43-19-18-23-20-31-35(22-34(23)43)44(27-7-4-6-25(42)21-27)32-9-5-10-33-37(32)40(31)30-17-16-29-28-8-2-3-11-36(28)46-39(29)38(30)45(33)26-14-12-24(41)13-15-26/h2-22H,1H3. The van der Waals surface area contributed by atoms with E-state index in [0.29, 0.717) is 0 Å². The molecule has 4 heterocycles. The summed E-state index contributed by atoms with van der Waals surface area (Å²) in [6.45, 7) is -0.0723. The van der Waals surface area contributed by atoms with E-state index < -0.39 is 0 Å². The molecule has 218 valence electrons. The van der Waals surface area contributed by atoms with E-state index in [1.807, 2.05) is 18.2 Å². The molecule has 0 fully saturated rings. The van der Waals surface area contributed by atoms with Crippen molar-refractivity contribution in [1.82, 2.24) is 4.57 Å². The fourth-order valence-electron chi connectivity index (χ4n) is 7.71. The van der Waals surface area contributed by atoms with Crippen LogP contribution in [0.1, 0.15) is 0 Å². The van der Waals surface area contributed by atoms with Crippen LogP contribution in [0.5, 0.6) is 0 Å². The van der Waals surface area contributed by atoms with Crippen LogP contribution in [0.4, 0.5) is 42.9 Å². The lowest BCUT2D eigenvalue weighted by Crippen LogP contribution is -2.61. The zero-order valence-corrected chi connectivity index (χ0v) is 25.5. The molecule has 0 radical (unpaired) electrons. The molecule has 8 aromatic rings. The average molecular weight is 616 g/mol. The van der Waals surface area contributed by atoms with Crippen molar-refractivity contribution in [2.45, 2.75) is 0 Å². The Labute approximate surface area is 268 Å². The molecule has 0 aliphatic carbocycles. The Morgan fingerprint density at radius 2 is 1.41 bits per heavy atom. The molecule has 0 saturated carbocycles. The van der Waals surface area contributed by atoms with Crippen LogP contribution >= 0.6 is 11.3 Å². The highest BCUT2D eigenvalue weighted by molar-refractivity contribution is 7.26. The molecule has 0 bridgehead atoms. The van der Waals surface area contributed by atoms with Gasteiger partial charge < -0.3 is 14.4 Å². The van der Waals surface area contributed by atoms with E-state index in [1.165, 1.54) is 49.3 Å². The van der Waals surface area contributed by atoms with Gasteiger partial charge in [-0.1, -0.05) is 48.5 Å². The smallest absolute Gasteiger partial charge is 0.252 e. The lowest BCUT2D eigenvalue weighted by atomic mass is 9.33. The van der Waals surface area contributed by atoms with Gasteiger partial charge in [0.25, 0.3) is 6.71 Å². The Bertz CT molecular complexity index is 2550. The van der Waals surface area contributed by atoms with Crippen LogP contribution in [0.3, 0.4) is 0 Å². The van der Waals surface area contributed by atoms with E-state index in [-0.39, 0.29) is 18.3 Å². The molecule has 2 aliphatic rings. The fourth-order valence-corrected chi connectivity index (χ4v) is 8.96. The molecule has 0 amide bonds. The van der Waals surface area contributed by atoms with Gasteiger partial charge in [0, 0.05) is 62.7 Å². The van der Waals surface area contributed by atoms with Crippen molar-refractivity contribution < 1.29 is 8.78 Å². The summed E-state index contributed by atoms with van der Waals surface area (Å²) in [6.07, 6.45) is 2.09. The minimum Gasteiger partial charge on any atom is -0.350 e. The van der Waals surface area contributed by atoms with Crippen molar-refractivity contribution >= 4 is 99.6 Å². The number of aromatic nitrogens is 1. The molecule has 0 unspecified atom stereocenters. The number of rotatable bonds is 2. The highest BCUT2D eigenvalue weighted by Crippen LogP contribution is 2.48. The molecule has 6 aromatic carbocycles. The minimum absolute atomic E-state index is 0.0723. The maximum Gasteiger partial charge on any atom is 0.252 e. The Hall–Kier alpha value is -5.40.